The van der Waals surface area contributed by atoms with E-state index in [0.717, 1.165) is 17.5 Å². The molecular formula is C24H34N2O5S. The van der Waals surface area contributed by atoms with E-state index in [1.165, 1.54) is 4.90 Å². The van der Waals surface area contributed by atoms with Gasteiger partial charge in [0.05, 0.1) is 17.9 Å². The van der Waals surface area contributed by atoms with Gasteiger partial charge in [-0.2, -0.15) is 0 Å². The first-order chi connectivity index (χ1) is 15.2. The molecule has 3 N–H and O–H groups in total. The molecule has 2 rings (SSSR count). The molecule has 0 aliphatic rings. The summed E-state index contributed by atoms with van der Waals surface area (Å²) >= 11 is 0. The van der Waals surface area contributed by atoms with Crippen LogP contribution in [-0.2, 0) is 23.0 Å². The maximum absolute atomic E-state index is 12.3. The van der Waals surface area contributed by atoms with E-state index in [2.05, 4.69) is 4.72 Å². The molecule has 0 saturated heterocycles. The van der Waals surface area contributed by atoms with E-state index in [4.69, 9.17) is 0 Å². The zero-order chi connectivity index (χ0) is 23.6. The van der Waals surface area contributed by atoms with Gasteiger partial charge in [-0.15, -0.1) is 0 Å². The minimum Gasteiger partial charge on any atom is -0.465 e. The third-order valence-electron chi connectivity index (χ3n) is 5.28. The zero-order valence-electron chi connectivity index (χ0n) is 18.7. The smallest absolute Gasteiger partial charge is 0.407 e. The molecule has 8 heteroatoms. The molecular weight excluding hydrogens is 428 g/mol. The number of aliphatic hydroxyl groups is 1. The first-order valence-electron chi connectivity index (χ1n) is 10.9. The van der Waals surface area contributed by atoms with Crippen molar-refractivity contribution in [3.63, 3.8) is 0 Å². The first kappa shape index (κ1) is 25.8. The Morgan fingerprint density at radius 3 is 2.09 bits per heavy atom. The molecule has 0 fully saturated rings. The summed E-state index contributed by atoms with van der Waals surface area (Å²) in [5.41, 5.74) is 1.64. The molecule has 7 nitrogen and oxygen atoms in total. The summed E-state index contributed by atoms with van der Waals surface area (Å²) in [6.07, 6.45) is -0.796. The minimum absolute atomic E-state index is 0.0199. The third-order valence-corrected chi connectivity index (χ3v) is 6.71. The summed E-state index contributed by atoms with van der Waals surface area (Å²) in [4.78, 5) is 13.3. The third kappa shape index (κ3) is 8.98. The van der Waals surface area contributed by atoms with Crippen LogP contribution in [0, 0.1) is 5.92 Å². The van der Waals surface area contributed by atoms with Crippen molar-refractivity contribution < 1.29 is 23.4 Å². The largest absolute Gasteiger partial charge is 0.465 e. The number of carboxylic acid groups (broad SMARTS) is 1. The van der Waals surface area contributed by atoms with Crippen LogP contribution in [0.3, 0.4) is 0 Å². The molecule has 1 amide bonds. The van der Waals surface area contributed by atoms with Crippen LogP contribution in [0.4, 0.5) is 4.79 Å². The van der Waals surface area contributed by atoms with Gasteiger partial charge < -0.3 is 10.2 Å². The van der Waals surface area contributed by atoms with E-state index in [9.17, 15) is 23.4 Å². The number of amides is 1. The van der Waals surface area contributed by atoms with E-state index in [1.54, 1.807) is 0 Å². The lowest BCUT2D eigenvalue weighted by atomic mass is 9.99. The summed E-state index contributed by atoms with van der Waals surface area (Å²) in [6.45, 7) is 3.91. The second kappa shape index (κ2) is 12.6. The van der Waals surface area contributed by atoms with Crippen molar-refractivity contribution in [1.29, 1.82) is 0 Å². The number of hydrogen-bond donors (Lipinski definition) is 3. The summed E-state index contributed by atoms with van der Waals surface area (Å²) in [6, 6.07) is 17.6. The molecule has 0 aliphatic carbocycles. The molecule has 2 aromatic rings. The van der Waals surface area contributed by atoms with Gasteiger partial charge in [-0.25, -0.2) is 17.9 Å². The van der Waals surface area contributed by atoms with Crippen molar-refractivity contribution in [3.05, 3.63) is 71.8 Å². The minimum atomic E-state index is -3.56. The van der Waals surface area contributed by atoms with E-state index in [1.807, 2.05) is 74.5 Å². The van der Waals surface area contributed by atoms with Crippen molar-refractivity contribution in [2.24, 2.45) is 5.92 Å². The summed E-state index contributed by atoms with van der Waals surface area (Å²) in [5.74, 6) is 0.390. The lowest BCUT2D eigenvalue weighted by Gasteiger charge is -2.33. The highest BCUT2D eigenvalue weighted by Crippen LogP contribution is 2.17. The van der Waals surface area contributed by atoms with Crippen molar-refractivity contribution >= 4 is 16.1 Å². The van der Waals surface area contributed by atoms with Crippen LogP contribution in [0.5, 0.6) is 0 Å². The molecule has 0 spiro atoms. The van der Waals surface area contributed by atoms with E-state index < -0.39 is 28.3 Å². The van der Waals surface area contributed by atoms with Crippen molar-refractivity contribution in [1.82, 2.24) is 9.62 Å². The number of sulfonamides is 1. The lowest BCUT2D eigenvalue weighted by molar-refractivity contribution is 0.0469. The van der Waals surface area contributed by atoms with Gasteiger partial charge >= 0.3 is 6.09 Å². The fourth-order valence-corrected chi connectivity index (χ4v) is 4.63. The van der Waals surface area contributed by atoms with Crippen LogP contribution in [0.15, 0.2) is 60.7 Å². The number of hydrogen-bond acceptors (Lipinski definition) is 4. The van der Waals surface area contributed by atoms with Gasteiger partial charge in [0.1, 0.15) is 0 Å². The molecule has 2 atom stereocenters. The van der Waals surface area contributed by atoms with Gasteiger partial charge in [-0.1, -0.05) is 74.5 Å². The average molecular weight is 463 g/mol. The maximum atomic E-state index is 12.3. The Morgan fingerprint density at radius 1 is 1.00 bits per heavy atom. The van der Waals surface area contributed by atoms with Gasteiger partial charge in [0.2, 0.25) is 10.0 Å². The van der Waals surface area contributed by atoms with E-state index in [-0.39, 0.29) is 25.3 Å². The number of benzene rings is 2. The fourth-order valence-electron chi connectivity index (χ4n) is 3.52. The summed E-state index contributed by atoms with van der Waals surface area (Å²) in [5, 5.41) is 20.8. The molecule has 0 heterocycles. The first-order valence-corrected chi connectivity index (χ1v) is 12.6. The molecule has 0 unspecified atom stereocenters. The standard InChI is InChI=1S/C24H34N2O5S/c1-19(2)10-9-15-32(30,31)25-17-23(27)22(16-20-11-5-3-6-12-20)26(24(28)29)18-21-13-7-4-8-14-21/h3-8,11-14,19,22-23,25,27H,9-10,15-18H2,1-2H3,(H,28,29)/t22-,23+/m0/s1. The fraction of sp³-hybridized carbons (Fsp3) is 0.458. The number of aliphatic hydroxyl groups excluding tert-OH is 1. The van der Waals surface area contributed by atoms with Crippen LogP contribution in [0.2, 0.25) is 0 Å². The van der Waals surface area contributed by atoms with Gasteiger partial charge in [0, 0.05) is 13.1 Å². The molecule has 0 radical (unpaired) electrons. The second-order valence-electron chi connectivity index (χ2n) is 8.42. The summed E-state index contributed by atoms with van der Waals surface area (Å²) in [7, 11) is -3.56. The number of nitrogens with zero attached hydrogens (tertiary/aromatic N) is 1. The highest BCUT2D eigenvalue weighted by atomic mass is 32.2. The van der Waals surface area contributed by atoms with Crippen LogP contribution < -0.4 is 4.72 Å². The zero-order valence-corrected chi connectivity index (χ0v) is 19.5. The molecule has 32 heavy (non-hydrogen) atoms. The molecule has 0 saturated carbocycles. The van der Waals surface area contributed by atoms with Gasteiger partial charge in [-0.3, -0.25) is 4.90 Å². The summed E-state index contributed by atoms with van der Waals surface area (Å²) < 4.78 is 27.1. The van der Waals surface area contributed by atoms with Gasteiger partial charge in [0.15, 0.2) is 0 Å². The highest BCUT2D eigenvalue weighted by Gasteiger charge is 2.31. The second-order valence-corrected chi connectivity index (χ2v) is 10.4. The van der Waals surface area contributed by atoms with Crippen molar-refractivity contribution in [2.75, 3.05) is 12.3 Å². The van der Waals surface area contributed by atoms with Crippen molar-refractivity contribution in [2.45, 2.75) is 51.8 Å². The molecule has 2 aromatic carbocycles. The van der Waals surface area contributed by atoms with Crippen LogP contribution in [-0.4, -0.2) is 54.1 Å². The topological polar surface area (TPSA) is 107 Å². The number of carbonyl (C=O) groups is 1. The Hall–Kier alpha value is -2.42. The number of rotatable bonds is 13. The average Bonchev–Trinajstić information content (AvgIpc) is 2.75. The molecule has 176 valence electrons. The van der Waals surface area contributed by atoms with Crippen molar-refractivity contribution in [3.8, 4) is 0 Å². The van der Waals surface area contributed by atoms with E-state index >= 15 is 0 Å². The molecule has 0 bridgehead atoms. The van der Waals surface area contributed by atoms with Crippen LogP contribution in [0.25, 0.3) is 0 Å². The maximum Gasteiger partial charge on any atom is 0.407 e. The normalized spacial score (nSPS) is 13.6. The Bertz CT molecular complexity index is 920. The van der Waals surface area contributed by atoms with Gasteiger partial charge in [-0.05, 0) is 36.3 Å². The van der Waals surface area contributed by atoms with E-state index in [0.29, 0.717) is 12.3 Å². The Labute approximate surface area is 191 Å². The Kier molecular flexibility index (Phi) is 10.2. The SMILES string of the molecule is CC(C)CCCS(=O)(=O)NC[C@@H](O)[C@H](Cc1ccccc1)N(Cc1ccccc1)C(=O)O. The van der Waals surface area contributed by atoms with Crippen LogP contribution in [0.1, 0.15) is 37.8 Å². The lowest BCUT2D eigenvalue weighted by Crippen LogP contribution is -2.51. The Balaban J connectivity index is 2.16. The number of nitrogens with one attached hydrogen (secondary N) is 1. The predicted octanol–water partition coefficient (Wildman–Crippen LogP) is 3.49. The monoisotopic (exact) mass is 462 g/mol. The molecule has 0 aromatic heterocycles. The molecule has 0 aliphatic heterocycles. The highest BCUT2D eigenvalue weighted by molar-refractivity contribution is 7.89. The van der Waals surface area contributed by atoms with Gasteiger partial charge in [0.25, 0.3) is 0 Å². The van der Waals surface area contributed by atoms with Crippen LogP contribution >= 0.6 is 0 Å². The Morgan fingerprint density at radius 2 is 1.56 bits per heavy atom. The predicted molar refractivity (Wildman–Crippen MR) is 126 cm³/mol. The quantitative estimate of drug-likeness (QED) is 0.422.